The van der Waals surface area contributed by atoms with E-state index < -0.39 is 12.0 Å². The Morgan fingerprint density at radius 3 is 2.75 bits per heavy atom. The summed E-state index contributed by atoms with van der Waals surface area (Å²) in [6.07, 6.45) is 1.86. The number of hydrogen-bond acceptors (Lipinski definition) is 7. The molecule has 1 aliphatic heterocycles. The van der Waals surface area contributed by atoms with Crippen LogP contribution in [0.2, 0.25) is 0 Å². The molecule has 0 amide bonds. The maximum Gasteiger partial charge on any atom is 0.338 e. The molecule has 0 saturated heterocycles. The SMILES string of the molecule is CCOC(=O)C1=C(C)N=c2sc(=Cc3ccc(N(C)C)c(Br)c3)c(=O)n2C1c1cccs1. The van der Waals surface area contributed by atoms with Crippen LogP contribution >= 0.6 is 38.6 Å². The van der Waals surface area contributed by atoms with Crippen LogP contribution in [0.5, 0.6) is 0 Å². The molecule has 1 aliphatic rings. The number of hydrogen-bond donors (Lipinski definition) is 0. The summed E-state index contributed by atoms with van der Waals surface area (Å²) in [6, 6.07) is 9.27. The quantitative estimate of drug-likeness (QED) is 0.471. The molecule has 4 rings (SSSR count). The molecule has 0 spiro atoms. The van der Waals surface area contributed by atoms with E-state index in [0.29, 0.717) is 20.6 Å². The van der Waals surface area contributed by atoms with Crippen LogP contribution < -0.4 is 19.8 Å². The lowest BCUT2D eigenvalue weighted by Crippen LogP contribution is -2.39. The largest absolute Gasteiger partial charge is 0.463 e. The molecule has 166 valence electrons. The molecular weight excluding hydrogens is 510 g/mol. The van der Waals surface area contributed by atoms with Crippen molar-refractivity contribution < 1.29 is 9.53 Å². The first-order valence-electron chi connectivity index (χ1n) is 10.0. The van der Waals surface area contributed by atoms with Crippen LogP contribution in [0.15, 0.2) is 61.2 Å². The molecule has 1 aromatic carbocycles. The lowest BCUT2D eigenvalue weighted by Gasteiger charge is -2.23. The predicted molar refractivity (Wildman–Crippen MR) is 133 cm³/mol. The first-order valence-corrected chi connectivity index (χ1v) is 12.5. The maximum atomic E-state index is 13.5. The molecule has 0 bridgehead atoms. The lowest BCUT2D eigenvalue weighted by atomic mass is 10.0. The van der Waals surface area contributed by atoms with Gasteiger partial charge in [-0.1, -0.05) is 23.5 Å². The van der Waals surface area contributed by atoms with Gasteiger partial charge in [0.15, 0.2) is 4.80 Å². The van der Waals surface area contributed by atoms with Crippen molar-refractivity contribution in [1.82, 2.24) is 4.57 Å². The van der Waals surface area contributed by atoms with Gasteiger partial charge in [-0.2, -0.15) is 0 Å². The fraction of sp³-hybridized carbons (Fsp3) is 0.261. The average molecular weight is 532 g/mol. The molecule has 3 aromatic rings. The van der Waals surface area contributed by atoms with Crippen molar-refractivity contribution in [3.63, 3.8) is 0 Å². The zero-order valence-corrected chi connectivity index (χ0v) is 21.3. The van der Waals surface area contributed by atoms with E-state index in [0.717, 1.165) is 20.6 Å². The molecule has 2 aromatic heterocycles. The molecule has 1 unspecified atom stereocenters. The number of thiazole rings is 1. The third kappa shape index (κ3) is 4.12. The maximum absolute atomic E-state index is 13.5. The summed E-state index contributed by atoms with van der Waals surface area (Å²) in [5.41, 5.74) is 2.77. The Balaban J connectivity index is 1.89. The topological polar surface area (TPSA) is 63.9 Å². The zero-order chi connectivity index (χ0) is 23.0. The standard InChI is InChI=1S/C23H22BrN3O3S2/c1-5-30-22(29)19-13(2)25-23-27(20(19)17-7-6-10-31-17)21(28)18(32-23)12-14-8-9-16(26(3)4)15(24)11-14/h6-12,20H,5H2,1-4H3. The number of halogens is 1. The highest BCUT2D eigenvalue weighted by Gasteiger charge is 2.33. The number of carbonyl (C=O) groups excluding carboxylic acids is 1. The smallest absolute Gasteiger partial charge is 0.338 e. The van der Waals surface area contributed by atoms with Gasteiger partial charge in [0.1, 0.15) is 6.04 Å². The first-order chi connectivity index (χ1) is 15.3. The molecule has 0 radical (unpaired) electrons. The molecule has 9 heteroatoms. The van der Waals surface area contributed by atoms with E-state index >= 15 is 0 Å². The van der Waals surface area contributed by atoms with Gasteiger partial charge in [0.2, 0.25) is 0 Å². The highest BCUT2D eigenvalue weighted by molar-refractivity contribution is 9.10. The van der Waals surface area contributed by atoms with E-state index in [2.05, 4.69) is 20.9 Å². The summed E-state index contributed by atoms with van der Waals surface area (Å²) < 4.78 is 8.42. The number of anilines is 1. The number of aromatic nitrogens is 1. The van der Waals surface area contributed by atoms with Crippen LogP contribution in [0.4, 0.5) is 5.69 Å². The molecule has 0 fully saturated rings. The number of ether oxygens (including phenoxy) is 1. The molecule has 0 saturated carbocycles. The molecule has 1 atom stereocenters. The van der Waals surface area contributed by atoms with Crippen molar-refractivity contribution >= 4 is 56.3 Å². The second kappa shape index (κ2) is 9.17. The first kappa shape index (κ1) is 22.7. The van der Waals surface area contributed by atoms with Crippen LogP contribution in [-0.2, 0) is 9.53 Å². The Labute approximate surface area is 201 Å². The van der Waals surface area contributed by atoms with Crippen molar-refractivity contribution in [2.75, 3.05) is 25.6 Å². The minimum absolute atomic E-state index is 0.172. The second-order valence-corrected chi connectivity index (χ2v) is 10.3. The van der Waals surface area contributed by atoms with E-state index in [4.69, 9.17) is 4.74 Å². The van der Waals surface area contributed by atoms with E-state index in [1.165, 1.54) is 22.7 Å². The number of benzene rings is 1. The van der Waals surface area contributed by atoms with Crippen LogP contribution in [-0.4, -0.2) is 31.2 Å². The van der Waals surface area contributed by atoms with E-state index in [1.54, 1.807) is 18.4 Å². The zero-order valence-electron chi connectivity index (χ0n) is 18.1. The van der Waals surface area contributed by atoms with Gasteiger partial charge in [-0.25, -0.2) is 9.79 Å². The fourth-order valence-corrected chi connectivity index (χ4v) is 6.26. The van der Waals surface area contributed by atoms with Crippen LogP contribution in [0.1, 0.15) is 30.3 Å². The number of rotatable bonds is 5. The summed E-state index contributed by atoms with van der Waals surface area (Å²) in [4.78, 5) is 34.4. The van der Waals surface area contributed by atoms with E-state index in [9.17, 15) is 9.59 Å². The predicted octanol–water partition coefficient (Wildman–Crippen LogP) is 3.69. The van der Waals surface area contributed by atoms with E-state index in [-0.39, 0.29) is 12.2 Å². The average Bonchev–Trinajstić information content (AvgIpc) is 3.36. The lowest BCUT2D eigenvalue weighted by molar-refractivity contribution is -0.139. The normalized spacial score (nSPS) is 16.0. The molecule has 6 nitrogen and oxygen atoms in total. The van der Waals surface area contributed by atoms with Gasteiger partial charge in [-0.05, 0) is 65.0 Å². The van der Waals surface area contributed by atoms with Gasteiger partial charge in [0, 0.05) is 23.4 Å². The summed E-state index contributed by atoms with van der Waals surface area (Å²) in [7, 11) is 3.96. The number of esters is 1. The number of fused-ring (bicyclic) bond motifs is 1. The minimum Gasteiger partial charge on any atom is -0.463 e. The van der Waals surface area contributed by atoms with Gasteiger partial charge in [0.25, 0.3) is 5.56 Å². The van der Waals surface area contributed by atoms with Crippen molar-refractivity contribution in [3.05, 3.63) is 81.6 Å². The van der Waals surface area contributed by atoms with Gasteiger partial charge >= 0.3 is 5.97 Å². The van der Waals surface area contributed by atoms with Crippen molar-refractivity contribution in [1.29, 1.82) is 0 Å². The van der Waals surface area contributed by atoms with Crippen LogP contribution in [0.3, 0.4) is 0 Å². The van der Waals surface area contributed by atoms with Gasteiger partial charge in [-0.15, -0.1) is 11.3 Å². The monoisotopic (exact) mass is 531 g/mol. The second-order valence-electron chi connectivity index (χ2n) is 7.42. The Morgan fingerprint density at radius 1 is 1.34 bits per heavy atom. The number of carbonyl (C=O) groups is 1. The van der Waals surface area contributed by atoms with Crippen molar-refractivity contribution in [2.45, 2.75) is 19.9 Å². The molecule has 0 N–H and O–H groups in total. The third-order valence-electron chi connectivity index (χ3n) is 5.08. The van der Waals surface area contributed by atoms with Crippen molar-refractivity contribution in [2.24, 2.45) is 4.99 Å². The van der Waals surface area contributed by atoms with E-state index in [1.807, 2.05) is 60.8 Å². The number of thiophene rings is 1. The molecular formula is C23H22BrN3O3S2. The summed E-state index contributed by atoms with van der Waals surface area (Å²) >= 11 is 6.43. The van der Waals surface area contributed by atoms with Gasteiger partial charge < -0.3 is 9.64 Å². The van der Waals surface area contributed by atoms with Gasteiger partial charge in [0.05, 0.1) is 28.1 Å². The fourth-order valence-electron chi connectivity index (χ4n) is 3.63. The Kier molecular flexibility index (Phi) is 6.50. The summed E-state index contributed by atoms with van der Waals surface area (Å²) in [6.45, 7) is 3.82. The molecule has 0 aliphatic carbocycles. The van der Waals surface area contributed by atoms with Crippen LogP contribution in [0.25, 0.3) is 6.08 Å². The highest BCUT2D eigenvalue weighted by atomic mass is 79.9. The van der Waals surface area contributed by atoms with Gasteiger partial charge in [-0.3, -0.25) is 9.36 Å². The Bertz CT molecular complexity index is 1380. The summed E-state index contributed by atoms with van der Waals surface area (Å²) in [5.74, 6) is -0.440. The Hall–Kier alpha value is -2.49. The molecule has 32 heavy (non-hydrogen) atoms. The van der Waals surface area contributed by atoms with Crippen LogP contribution in [0, 0.1) is 0 Å². The molecule has 3 heterocycles. The summed E-state index contributed by atoms with van der Waals surface area (Å²) in [5, 5.41) is 1.94. The van der Waals surface area contributed by atoms with Crippen molar-refractivity contribution in [3.8, 4) is 0 Å². The Morgan fingerprint density at radius 2 is 2.12 bits per heavy atom. The third-order valence-corrected chi connectivity index (χ3v) is 7.62. The minimum atomic E-state index is -0.546. The highest BCUT2D eigenvalue weighted by Crippen LogP contribution is 2.33. The number of nitrogens with zero attached hydrogens (tertiary/aromatic N) is 3. The number of allylic oxidation sites excluding steroid dienone is 1.